The summed E-state index contributed by atoms with van der Waals surface area (Å²) in [5, 5.41) is 11.1. The summed E-state index contributed by atoms with van der Waals surface area (Å²) in [6.45, 7) is 2.10. The second kappa shape index (κ2) is 8.64. The Balaban J connectivity index is 1.57. The summed E-state index contributed by atoms with van der Waals surface area (Å²) in [5.41, 5.74) is 3.13. The summed E-state index contributed by atoms with van der Waals surface area (Å²) >= 11 is 0. The monoisotopic (exact) mass is 382 g/mol. The van der Waals surface area contributed by atoms with Crippen molar-refractivity contribution in [1.82, 2.24) is 10.2 Å². The van der Waals surface area contributed by atoms with Crippen LogP contribution in [0.2, 0.25) is 0 Å². The highest BCUT2D eigenvalue weighted by molar-refractivity contribution is 7.92. The van der Waals surface area contributed by atoms with E-state index in [0.717, 1.165) is 17.7 Å². The molecule has 3 rings (SSSR count). The van der Waals surface area contributed by atoms with Gasteiger partial charge in [-0.25, -0.2) is 8.42 Å². The number of benzene rings is 2. The van der Waals surface area contributed by atoms with E-state index in [0.29, 0.717) is 12.2 Å². The van der Waals surface area contributed by atoms with Gasteiger partial charge in [0.2, 0.25) is 10.0 Å². The third kappa shape index (κ3) is 5.79. The summed E-state index contributed by atoms with van der Waals surface area (Å²) in [4.78, 5) is 0. The Morgan fingerprint density at radius 3 is 2.11 bits per heavy atom. The van der Waals surface area contributed by atoms with Crippen molar-refractivity contribution < 1.29 is 8.42 Å². The zero-order chi connectivity index (χ0) is 19.1. The second-order valence-electron chi connectivity index (χ2n) is 6.14. The van der Waals surface area contributed by atoms with E-state index in [1.165, 1.54) is 5.56 Å². The van der Waals surface area contributed by atoms with Crippen LogP contribution in [0, 0.1) is 0 Å². The molecule has 6 nitrogen and oxygen atoms in total. The van der Waals surface area contributed by atoms with E-state index >= 15 is 0 Å². The van der Waals surface area contributed by atoms with Crippen LogP contribution in [0.4, 0.5) is 17.3 Å². The molecule has 2 aromatic carbocycles. The van der Waals surface area contributed by atoms with Crippen molar-refractivity contribution in [3.63, 3.8) is 0 Å². The van der Waals surface area contributed by atoms with Gasteiger partial charge in [-0.05, 0) is 48.2 Å². The lowest BCUT2D eigenvalue weighted by atomic mass is 10.1. The Kier molecular flexibility index (Phi) is 6.03. The molecule has 2 N–H and O–H groups in total. The van der Waals surface area contributed by atoms with E-state index in [-0.39, 0.29) is 11.6 Å². The number of nitrogens with one attached hydrogen (secondary N) is 2. The average molecular weight is 382 g/mol. The van der Waals surface area contributed by atoms with Gasteiger partial charge in [-0.2, -0.15) is 0 Å². The molecule has 0 radical (unpaired) electrons. The number of nitrogens with zero attached hydrogens (tertiary/aromatic N) is 2. The number of aromatic nitrogens is 2. The van der Waals surface area contributed by atoms with Crippen LogP contribution in [0.15, 0.2) is 66.7 Å². The molecule has 0 saturated carbocycles. The maximum atomic E-state index is 12.2. The molecular formula is C20H22N4O2S. The van der Waals surface area contributed by atoms with Gasteiger partial charge < -0.3 is 5.32 Å². The average Bonchev–Trinajstić information content (AvgIpc) is 2.69. The molecule has 0 aliphatic rings. The first kappa shape index (κ1) is 18.8. The minimum Gasteiger partial charge on any atom is -0.339 e. The zero-order valence-corrected chi connectivity index (χ0v) is 15.9. The van der Waals surface area contributed by atoms with Gasteiger partial charge in [0.25, 0.3) is 0 Å². The first-order valence-corrected chi connectivity index (χ1v) is 10.4. The van der Waals surface area contributed by atoms with Crippen LogP contribution < -0.4 is 10.0 Å². The first-order valence-electron chi connectivity index (χ1n) is 8.78. The standard InChI is InChI=1S/C20H22N4O2S/c1-2-16-8-10-18(11-9-16)21-19-12-13-20(23-22-19)24-27(25,26)15-14-17-6-4-3-5-7-17/h3-13H,2,14-15H2,1H3,(H,21,22)(H,23,24). The highest BCUT2D eigenvalue weighted by Gasteiger charge is 2.12. The van der Waals surface area contributed by atoms with E-state index in [1.807, 2.05) is 54.6 Å². The third-order valence-electron chi connectivity index (χ3n) is 4.06. The van der Waals surface area contributed by atoms with Crippen molar-refractivity contribution >= 4 is 27.3 Å². The lowest BCUT2D eigenvalue weighted by Gasteiger charge is -2.09. The molecule has 0 aliphatic carbocycles. The lowest BCUT2D eigenvalue weighted by molar-refractivity contribution is 0.600. The molecule has 27 heavy (non-hydrogen) atoms. The molecule has 0 aliphatic heterocycles. The summed E-state index contributed by atoms with van der Waals surface area (Å²) < 4.78 is 26.9. The van der Waals surface area contributed by atoms with Crippen molar-refractivity contribution in [1.29, 1.82) is 0 Å². The Hall–Kier alpha value is -2.93. The van der Waals surface area contributed by atoms with Crippen molar-refractivity contribution in [3.05, 3.63) is 77.9 Å². The number of rotatable bonds is 8. The predicted molar refractivity (Wildman–Crippen MR) is 109 cm³/mol. The van der Waals surface area contributed by atoms with Crippen molar-refractivity contribution in [3.8, 4) is 0 Å². The molecule has 140 valence electrons. The van der Waals surface area contributed by atoms with Crippen molar-refractivity contribution in [2.24, 2.45) is 0 Å². The molecule has 3 aromatic rings. The van der Waals surface area contributed by atoms with Crippen LogP contribution in [0.25, 0.3) is 0 Å². The highest BCUT2D eigenvalue weighted by Crippen LogP contribution is 2.16. The molecule has 0 amide bonds. The van der Waals surface area contributed by atoms with Crippen LogP contribution in [0.5, 0.6) is 0 Å². The fourth-order valence-electron chi connectivity index (χ4n) is 2.53. The largest absolute Gasteiger partial charge is 0.339 e. The Morgan fingerprint density at radius 1 is 0.815 bits per heavy atom. The Bertz CT molecular complexity index is 957. The highest BCUT2D eigenvalue weighted by atomic mass is 32.2. The van der Waals surface area contributed by atoms with Gasteiger partial charge in [0.15, 0.2) is 11.6 Å². The molecular weight excluding hydrogens is 360 g/mol. The maximum absolute atomic E-state index is 12.2. The van der Waals surface area contributed by atoms with Crippen LogP contribution >= 0.6 is 0 Å². The minimum absolute atomic E-state index is 0.0114. The normalized spacial score (nSPS) is 11.1. The van der Waals surface area contributed by atoms with Crippen LogP contribution in [0.1, 0.15) is 18.1 Å². The van der Waals surface area contributed by atoms with E-state index in [4.69, 9.17) is 0 Å². The van der Waals surface area contributed by atoms with E-state index in [1.54, 1.807) is 12.1 Å². The first-order chi connectivity index (χ1) is 13.0. The van der Waals surface area contributed by atoms with E-state index < -0.39 is 10.0 Å². The van der Waals surface area contributed by atoms with Gasteiger partial charge in [0.1, 0.15) is 0 Å². The molecule has 0 atom stereocenters. The Morgan fingerprint density at radius 2 is 1.48 bits per heavy atom. The van der Waals surface area contributed by atoms with Crippen LogP contribution in [0.3, 0.4) is 0 Å². The summed E-state index contributed by atoms with van der Waals surface area (Å²) in [6, 6.07) is 20.8. The van der Waals surface area contributed by atoms with E-state index in [9.17, 15) is 8.42 Å². The molecule has 0 saturated heterocycles. The molecule has 1 heterocycles. The summed E-state index contributed by atoms with van der Waals surface area (Å²) in [5.74, 6) is 0.740. The number of sulfonamides is 1. The summed E-state index contributed by atoms with van der Waals surface area (Å²) in [7, 11) is -3.49. The number of aryl methyl sites for hydroxylation is 2. The lowest BCUT2D eigenvalue weighted by Crippen LogP contribution is -2.19. The van der Waals surface area contributed by atoms with Gasteiger partial charge in [-0.1, -0.05) is 49.4 Å². The topological polar surface area (TPSA) is 84.0 Å². The van der Waals surface area contributed by atoms with Crippen LogP contribution in [-0.2, 0) is 22.9 Å². The third-order valence-corrected chi connectivity index (χ3v) is 5.32. The molecule has 0 spiro atoms. The zero-order valence-electron chi connectivity index (χ0n) is 15.1. The summed E-state index contributed by atoms with van der Waals surface area (Å²) in [6.07, 6.45) is 1.43. The van der Waals surface area contributed by atoms with Gasteiger partial charge in [0, 0.05) is 5.69 Å². The predicted octanol–water partition coefficient (Wildman–Crippen LogP) is 3.77. The second-order valence-corrected chi connectivity index (χ2v) is 7.98. The molecule has 1 aromatic heterocycles. The fourth-order valence-corrected chi connectivity index (χ4v) is 3.57. The minimum atomic E-state index is -3.49. The molecule has 0 unspecified atom stereocenters. The fraction of sp³-hybridized carbons (Fsp3) is 0.200. The smallest absolute Gasteiger partial charge is 0.234 e. The SMILES string of the molecule is CCc1ccc(Nc2ccc(NS(=O)(=O)CCc3ccccc3)nn2)cc1. The number of hydrogen-bond acceptors (Lipinski definition) is 5. The van der Waals surface area contributed by atoms with Crippen molar-refractivity contribution in [2.75, 3.05) is 15.8 Å². The van der Waals surface area contributed by atoms with Gasteiger partial charge in [0.05, 0.1) is 5.75 Å². The number of hydrogen-bond donors (Lipinski definition) is 2. The van der Waals surface area contributed by atoms with Gasteiger partial charge in [-0.15, -0.1) is 10.2 Å². The van der Waals surface area contributed by atoms with Gasteiger partial charge in [-0.3, -0.25) is 4.72 Å². The Labute approximate surface area is 159 Å². The maximum Gasteiger partial charge on any atom is 0.234 e. The van der Waals surface area contributed by atoms with E-state index in [2.05, 4.69) is 27.2 Å². The number of anilines is 3. The van der Waals surface area contributed by atoms with Crippen LogP contribution in [-0.4, -0.2) is 24.4 Å². The molecule has 0 bridgehead atoms. The molecule has 7 heteroatoms. The quantitative estimate of drug-likeness (QED) is 0.620. The van der Waals surface area contributed by atoms with Crippen molar-refractivity contribution in [2.45, 2.75) is 19.8 Å². The molecule has 0 fully saturated rings. The van der Waals surface area contributed by atoms with Gasteiger partial charge >= 0.3 is 0 Å².